The topological polar surface area (TPSA) is 49.3 Å². The van der Waals surface area contributed by atoms with Crippen LogP contribution >= 0.6 is 0 Å². The van der Waals surface area contributed by atoms with Crippen molar-refractivity contribution >= 4 is 17.2 Å². The van der Waals surface area contributed by atoms with Crippen molar-refractivity contribution in [3.05, 3.63) is 35.4 Å². The van der Waals surface area contributed by atoms with Crippen molar-refractivity contribution in [2.24, 2.45) is 0 Å². The van der Waals surface area contributed by atoms with Gasteiger partial charge in [-0.1, -0.05) is 18.2 Å². The van der Waals surface area contributed by atoms with Crippen LogP contribution in [0, 0.1) is 0 Å². The first kappa shape index (κ1) is 15.2. The van der Waals surface area contributed by atoms with E-state index in [2.05, 4.69) is 0 Å². The first-order chi connectivity index (χ1) is 9.53. The van der Waals surface area contributed by atoms with Crippen LogP contribution in [0.5, 0.6) is 0 Å². The van der Waals surface area contributed by atoms with E-state index in [0.717, 1.165) is 12.1 Å². The van der Waals surface area contributed by atoms with Crippen molar-refractivity contribution in [1.29, 1.82) is 0 Å². The molecule has 0 saturated heterocycles. The Balaban J connectivity index is 2.81. The first-order valence-electron chi connectivity index (χ1n) is 5.51. The van der Waals surface area contributed by atoms with E-state index in [1.165, 1.54) is 12.1 Å². The number of rotatable bonds is 1. The lowest BCUT2D eigenvalue weighted by molar-refractivity contribution is -0.147. The van der Waals surface area contributed by atoms with E-state index >= 15 is 0 Å². The molecule has 0 aromatic heterocycles. The fourth-order valence-corrected chi connectivity index (χ4v) is 2.13. The standard InChI is InChI=1S/C12H7F6NO2/c13-11(14,15)8-5-3-1-2-4-6(5)19-9(12(16,17)18)7(8)10(20)21/h1-4,9,19H,(H,20,21). The zero-order valence-corrected chi connectivity index (χ0v) is 10.0. The van der Waals surface area contributed by atoms with Crippen LogP contribution in [0.15, 0.2) is 29.8 Å². The number of aliphatic carboxylic acids is 1. The fourth-order valence-electron chi connectivity index (χ4n) is 2.13. The number of benzene rings is 1. The van der Waals surface area contributed by atoms with Gasteiger partial charge >= 0.3 is 18.3 Å². The van der Waals surface area contributed by atoms with Gasteiger partial charge in [-0.15, -0.1) is 0 Å². The third-order valence-corrected chi connectivity index (χ3v) is 2.90. The predicted octanol–water partition coefficient (Wildman–Crippen LogP) is 3.44. The molecule has 1 unspecified atom stereocenters. The van der Waals surface area contributed by atoms with Gasteiger partial charge in [0.15, 0.2) is 6.04 Å². The maximum atomic E-state index is 13.1. The van der Waals surface area contributed by atoms with Crippen molar-refractivity contribution in [3.63, 3.8) is 0 Å². The van der Waals surface area contributed by atoms with E-state index in [4.69, 9.17) is 5.11 Å². The number of carboxylic acids is 1. The Bertz CT molecular complexity index is 617. The SMILES string of the molecule is O=C(O)C1=C(C(F)(F)F)c2ccccc2NC1C(F)(F)F. The molecule has 114 valence electrons. The quantitative estimate of drug-likeness (QED) is 0.781. The van der Waals surface area contributed by atoms with Gasteiger partial charge in [0.1, 0.15) is 0 Å². The molecule has 1 atom stereocenters. The maximum absolute atomic E-state index is 13.1. The molecular formula is C12H7F6NO2. The lowest BCUT2D eigenvalue weighted by Gasteiger charge is -2.32. The predicted molar refractivity (Wildman–Crippen MR) is 60.5 cm³/mol. The minimum Gasteiger partial charge on any atom is -0.478 e. The van der Waals surface area contributed by atoms with Gasteiger partial charge in [0.05, 0.1) is 11.1 Å². The Hall–Kier alpha value is -2.19. The molecule has 1 aliphatic rings. The lowest BCUT2D eigenvalue weighted by Crippen LogP contribution is -2.44. The molecular weight excluding hydrogens is 304 g/mol. The minimum absolute atomic E-state index is 0.419. The molecule has 1 aliphatic heterocycles. The summed E-state index contributed by atoms with van der Waals surface area (Å²) >= 11 is 0. The zero-order valence-electron chi connectivity index (χ0n) is 10.0. The molecule has 2 rings (SSSR count). The number of hydrogen-bond acceptors (Lipinski definition) is 2. The molecule has 0 saturated carbocycles. The number of anilines is 1. The maximum Gasteiger partial charge on any atom is 0.417 e. The van der Waals surface area contributed by atoms with Crippen LogP contribution in [0.1, 0.15) is 5.56 Å². The second-order valence-corrected chi connectivity index (χ2v) is 4.26. The Labute approximate surface area is 113 Å². The molecule has 0 spiro atoms. The highest BCUT2D eigenvalue weighted by atomic mass is 19.4. The molecule has 0 aliphatic carbocycles. The van der Waals surface area contributed by atoms with Crippen LogP contribution < -0.4 is 5.32 Å². The summed E-state index contributed by atoms with van der Waals surface area (Å²) in [5.74, 6) is -2.27. The average molecular weight is 311 g/mol. The highest BCUT2D eigenvalue weighted by Crippen LogP contribution is 2.46. The van der Waals surface area contributed by atoms with Gasteiger partial charge in [-0.05, 0) is 6.07 Å². The van der Waals surface area contributed by atoms with Crippen molar-refractivity contribution in [3.8, 4) is 0 Å². The van der Waals surface area contributed by atoms with E-state index in [1.807, 2.05) is 0 Å². The second-order valence-electron chi connectivity index (χ2n) is 4.26. The van der Waals surface area contributed by atoms with Crippen LogP contribution in [0.25, 0.3) is 5.57 Å². The molecule has 1 heterocycles. The molecule has 2 N–H and O–H groups in total. The van der Waals surface area contributed by atoms with Gasteiger partial charge < -0.3 is 10.4 Å². The highest BCUT2D eigenvalue weighted by molar-refractivity contribution is 6.03. The Morgan fingerprint density at radius 1 is 1.10 bits per heavy atom. The third-order valence-electron chi connectivity index (χ3n) is 2.90. The van der Waals surface area contributed by atoms with Crippen LogP contribution in [0.3, 0.4) is 0 Å². The second kappa shape index (κ2) is 4.68. The van der Waals surface area contributed by atoms with E-state index in [9.17, 15) is 31.1 Å². The molecule has 0 amide bonds. The van der Waals surface area contributed by atoms with Gasteiger partial charge in [-0.2, -0.15) is 26.3 Å². The molecule has 9 heteroatoms. The summed E-state index contributed by atoms with van der Waals surface area (Å²) in [6.07, 6.45) is -10.4. The highest BCUT2D eigenvalue weighted by Gasteiger charge is 2.53. The van der Waals surface area contributed by atoms with Gasteiger partial charge in [0, 0.05) is 11.3 Å². The zero-order chi connectivity index (χ0) is 16.0. The first-order valence-corrected chi connectivity index (χ1v) is 5.51. The summed E-state index contributed by atoms with van der Waals surface area (Å²) in [6, 6.07) is 1.44. The normalized spacial score (nSPS) is 19.0. The Kier molecular flexibility index (Phi) is 3.38. The van der Waals surface area contributed by atoms with Crippen molar-refractivity contribution in [2.45, 2.75) is 18.4 Å². The Morgan fingerprint density at radius 2 is 1.67 bits per heavy atom. The van der Waals surface area contributed by atoms with Gasteiger partial charge in [0.25, 0.3) is 0 Å². The smallest absolute Gasteiger partial charge is 0.417 e. The summed E-state index contributed by atoms with van der Waals surface area (Å²) in [5, 5.41) is 10.6. The summed E-state index contributed by atoms with van der Waals surface area (Å²) in [7, 11) is 0. The largest absolute Gasteiger partial charge is 0.478 e. The summed E-state index contributed by atoms with van der Waals surface area (Å²) in [4.78, 5) is 11.0. The Morgan fingerprint density at radius 3 is 2.14 bits per heavy atom. The monoisotopic (exact) mass is 311 g/mol. The third kappa shape index (κ3) is 2.67. The summed E-state index contributed by atoms with van der Waals surface area (Å²) in [6.45, 7) is 0. The van der Waals surface area contributed by atoms with Gasteiger partial charge in [0.2, 0.25) is 0 Å². The van der Waals surface area contributed by atoms with Gasteiger partial charge in [-0.3, -0.25) is 0 Å². The minimum atomic E-state index is -5.23. The van der Waals surface area contributed by atoms with Crippen LogP contribution in [-0.2, 0) is 4.79 Å². The lowest BCUT2D eigenvalue weighted by atomic mass is 9.89. The molecule has 1 aromatic carbocycles. The molecule has 0 bridgehead atoms. The number of para-hydroxylation sites is 1. The van der Waals surface area contributed by atoms with E-state index < -0.39 is 46.8 Å². The van der Waals surface area contributed by atoms with Crippen LogP contribution in [0.4, 0.5) is 32.0 Å². The summed E-state index contributed by atoms with van der Waals surface area (Å²) < 4.78 is 77.9. The number of nitrogens with one attached hydrogen (secondary N) is 1. The average Bonchev–Trinajstić information content (AvgIpc) is 2.33. The van der Waals surface area contributed by atoms with Crippen LogP contribution in [0.2, 0.25) is 0 Å². The van der Waals surface area contributed by atoms with Gasteiger partial charge in [-0.25, -0.2) is 4.79 Å². The fraction of sp³-hybridized carbons (Fsp3) is 0.250. The van der Waals surface area contributed by atoms with Crippen molar-refractivity contribution in [1.82, 2.24) is 0 Å². The molecule has 1 aromatic rings. The van der Waals surface area contributed by atoms with Crippen LogP contribution in [-0.4, -0.2) is 29.5 Å². The van der Waals surface area contributed by atoms with Crippen molar-refractivity contribution < 1.29 is 36.2 Å². The number of carboxylic acid groups (broad SMARTS) is 1. The number of alkyl halides is 6. The molecule has 3 nitrogen and oxygen atoms in total. The van der Waals surface area contributed by atoms with E-state index in [1.54, 1.807) is 5.32 Å². The molecule has 0 fully saturated rings. The number of allylic oxidation sites excluding steroid dienone is 1. The number of halogens is 6. The number of fused-ring (bicyclic) bond motifs is 1. The summed E-state index contributed by atoms with van der Waals surface area (Å²) in [5.41, 5.74) is -4.58. The van der Waals surface area contributed by atoms with E-state index in [0.29, 0.717) is 0 Å². The van der Waals surface area contributed by atoms with Crippen molar-refractivity contribution in [2.75, 3.05) is 5.32 Å². The molecule has 0 radical (unpaired) electrons. The van der Waals surface area contributed by atoms with E-state index in [-0.39, 0.29) is 0 Å². The number of carbonyl (C=O) groups is 1. The number of hydrogen-bond donors (Lipinski definition) is 2. The molecule has 21 heavy (non-hydrogen) atoms.